The van der Waals surface area contributed by atoms with Crippen LogP contribution < -0.4 is 16.0 Å². The molecule has 1 aromatic heterocycles. The van der Waals surface area contributed by atoms with Gasteiger partial charge in [-0.25, -0.2) is 4.98 Å². The minimum atomic E-state index is -3.93. The molecular weight excluding hydrogens is 506 g/mol. The lowest BCUT2D eigenvalue weighted by Crippen LogP contribution is -2.53. The molecule has 1 aliphatic carbocycles. The van der Waals surface area contributed by atoms with Crippen LogP contribution in [0.25, 0.3) is 11.1 Å². The average Bonchev–Trinajstić information content (AvgIpc) is 3.35. The first-order chi connectivity index (χ1) is 18.3. The Balaban J connectivity index is 1.36. The van der Waals surface area contributed by atoms with Crippen molar-refractivity contribution < 1.29 is 22.4 Å². The van der Waals surface area contributed by atoms with Gasteiger partial charge in [-0.1, -0.05) is 63.3 Å². The lowest BCUT2D eigenvalue weighted by atomic mass is 9.84. The van der Waals surface area contributed by atoms with E-state index in [0.717, 1.165) is 25.7 Å². The number of carbonyl (C=O) groups excluding carboxylic acids is 2. The Bertz CT molecular complexity index is 1440. The number of nitrogens with one attached hydrogen (secondary N) is 3. The molecule has 0 saturated heterocycles. The van der Waals surface area contributed by atoms with Crippen LogP contribution in [0.5, 0.6) is 0 Å². The summed E-state index contributed by atoms with van der Waals surface area (Å²) >= 11 is 0. The Morgan fingerprint density at radius 2 is 1.79 bits per heavy atom. The number of nitrogens with zero attached hydrogens (tertiary/aromatic N) is 2. The molecule has 3 aromatic rings. The van der Waals surface area contributed by atoms with Crippen molar-refractivity contribution in [2.45, 2.75) is 68.8 Å². The highest BCUT2D eigenvalue weighted by molar-refractivity contribution is 7.90. The second kappa shape index (κ2) is 10.9. The Labute approximate surface area is 221 Å². The van der Waals surface area contributed by atoms with Crippen LogP contribution in [-0.2, 0) is 14.8 Å². The molecule has 10 nitrogen and oxygen atoms in total. The topological polar surface area (TPSA) is 143 Å². The van der Waals surface area contributed by atoms with Crippen molar-refractivity contribution in [3.05, 3.63) is 54.4 Å². The van der Waals surface area contributed by atoms with Gasteiger partial charge in [-0.3, -0.25) is 9.59 Å². The summed E-state index contributed by atoms with van der Waals surface area (Å²) in [4.78, 5) is 31.1. The fourth-order valence-corrected chi connectivity index (χ4v) is 6.17. The molecule has 1 saturated carbocycles. The maximum atomic E-state index is 13.6. The minimum Gasteiger partial charge on any atom is -0.434 e. The number of hydrogen-bond acceptors (Lipinski definition) is 8. The van der Waals surface area contributed by atoms with Crippen molar-refractivity contribution in [2.75, 3.05) is 5.32 Å². The Hall–Kier alpha value is -3.73. The maximum absolute atomic E-state index is 13.6. The van der Waals surface area contributed by atoms with Crippen LogP contribution in [0.3, 0.4) is 0 Å². The van der Waals surface area contributed by atoms with Crippen LogP contribution in [0.2, 0.25) is 0 Å². The maximum Gasteiger partial charge on any atom is 0.287 e. The van der Waals surface area contributed by atoms with Crippen LogP contribution in [0.15, 0.2) is 62.2 Å². The molecule has 2 aliphatic rings. The third kappa shape index (κ3) is 5.57. The SMILES string of the molecule is CC[C@H](NC(=O)[C@H](CC1CCCCC1)NC1=NS(=O)(=O)c2ccccc2N1)C(=O)c1nc2ccccc2o1. The summed E-state index contributed by atoms with van der Waals surface area (Å²) in [6.45, 7) is 1.80. The molecule has 11 heteroatoms. The summed E-state index contributed by atoms with van der Waals surface area (Å²) in [6.07, 6.45) is 6.15. The van der Waals surface area contributed by atoms with Gasteiger partial charge in [-0.15, -0.1) is 4.40 Å². The third-order valence-electron chi connectivity index (χ3n) is 7.10. The van der Waals surface area contributed by atoms with Crippen LogP contribution in [0.1, 0.15) is 62.6 Å². The molecule has 1 fully saturated rings. The third-order valence-corrected chi connectivity index (χ3v) is 8.43. The van der Waals surface area contributed by atoms with Crippen molar-refractivity contribution in [1.82, 2.24) is 15.6 Å². The van der Waals surface area contributed by atoms with Crippen molar-refractivity contribution in [3.8, 4) is 0 Å². The van der Waals surface area contributed by atoms with E-state index in [1.54, 1.807) is 49.4 Å². The van der Waals surface area contributed by atoms with E-state index in [4.69, 9.17) is 4.42 Å². The van der Waals surface area contributed by atoms with Crippen molar-refractivity contribution >= 4 is 44.5 Å². The number of ketones is 1. The average molecular weight is 538 g/mol. The molecule has 38 heavy (non-hydrogen) atoms. The molecule has 0 radical (unpaired) electrons. The van der Waals surface area contributed by atoms with Gasteiger partial charge in [-0.05, 0) is 43.0 Å². The number of anilines is 1. The first-order valence-electron chi connectivity index (χ1n) is 13.0. The normalized spacial score (nSPS) is 18.5. The van der Waals surface area contributed by atoms with E-state index in [9.17, 15) is 18.0 Å². The van der Waals surface area contributed by atoms with Gasteiger partial charge in [0.25, 0.3) is 15.9 Å². The minimum absolute atomic E-state index is 0.0158. The summed E-state index contributed by atoms with van der Waals surface area (Å²) < 4.78 is 35.0. The standard InChI is InChI=1S/C27H31N5O5S/c1-2-18(24(33)26-29-19-12-6-8-14-22(19)37-26)28-25(34)21(16-17-10-4-3-5-11-17)31-27-30-20-13-7-9-15-23(20)38(35,36)32-27/h6-9,12-15,17-18,21H,2-5,10-11,16H2,1H3,(H,28,34)(H2,30,31,32)/t18-,21-/m0/s1. The van der Waals surface area contributed by atoms with Crippen molar-refractivity contribution in [1.29, 1.82) is 0 Å². The summed E-state index contributed by atoms with van der Waals surface area (Å²) in [6, 6.07) is 11.9. The molecule has 2 heterocycles. The number of hydrogen-bond donors (Lipinski definition) is 3. The molecule has 1 amide bonds. The molecule has 3 N–H and O–H groups in total. The highest BCUT2D eigenvalue weighted by Crippen LogP contribution is 2.29. The number of oxazole rings is 1. The predicted molar refractivity (Wildman–Crippen MR) is 143 cm³/mol. The van der Waals surface area contributed by atoms with Crippen LogP contribution in [-0.4, -0.2) is 43.1 Å². The highest BCUT2D eigenvalue weighted by Gasteiger charge is 2.32. The lowest BCUT2D eigenvalue weighted by Gasteiger charge is -2.29. The molecular formula is C27H31N5O5S. The van der Waals surface area contributed by atoms with Gasteiger partial charge in [0.2, 0.25) is 17.6 Å². The summed E-state index contributed by atoms with van der Waals surface area (Å²) in [5.74, 6) is -0.604. The van der Waals surface area contributed by atoms with Gasteiger partial charge < -0.3 is 20.4 Å². The Morgan fingerprint density at radius 1 is 1.05 bits per heavy atom. The second-order valence-electron chi connectivity index (χ2n) is 9.79. The van der Waals surface area contributed by atoms with Gasteiger partial charge in [-0.2, -0.15) is 8.42 Å². The van der Waals surface area contributed by atoms with Gasteiger partial charge >= 0.3 is 0 Å². The fraction of sp³-hybridized carbons (Fsp3) is 0.407. The molecule has 0 unspecified atom stereocenters. The van der Waals surface area contributed by atoms with Gasteiger partial charge in [0, 0.05) is 0 Å². The van der Waals surface area contributed by atoms with E-state index in [2.05, 4.69) is 25.3 Å². The van der Waals surface area contributed by atoms with Crippen molar-refractivity contribution in [3.63, 3.8) is 0 Å². The molecule has 2 aromatic carbocycles. The van der Waals surface area contributed by atoms with E-state index in [0.29, 0.717) is 35.5 Å². The predicted octanol–water partition coefficient (Wildman–Crippen LogP) is 4.00. The van der Waals surface area contributed by atoms with E-state index in [1.165, 1.54) is 12.5 Å². The summed E-state index contributed by atoms with van der Waals surface area (Å²) in [5.41, 5.74) is 1.45. The summed E-state index contributed by atoms with van der Waals surface area (Å²) in [5, 5.41) is 8.87. The van der Waals surface area contributed by atoms with E-state index in [1.807, 2.05) is 0 Å². The zero-order chi connectivity index (χ0) is 26.7. The number of amides is 1. The molecule has 5 rings (SSSR count). The van der Waals surface area contributed by atoms with Gasteiger partial charge in [0.15, 0.2) is 5.58 Å². The number of benzene rings is 2. The Morgan fingerprint density at radius 3 is 2.55 bits per heavy atom. The molecule has 200 valence electrons. The van der Waals surface area contributed by atoms with Gasteiger partial charge in [0.05, 0.1) is 11.7 Å². The number of rotatable bonds is 8. The molecule has 0 bridgehead atoms. The fourth-order valence-electron chi connectivity index (χ4n) is 5.08. The Kier molecular flexibility index (Phi) is 7.46. The monoisotopic (exact) mass is 537 g/mol. The number of carbonyl (C=O) groups is 2. The zero-order valence-electron chi connectivity index (χ0n) is 21.1. The van der Waals surface area contributed by atoms with Crippen molar-refractivity contribution in [2.24, 2.45) is 10.3 Å². The molecule has 1 aliphatic heterocycles. The van der Waals surface area contributed by atoms with Crippen LogP contribution in [0.4, 0.5) is 5.69 Å². The quantitative estimate of drug-likeness (QED) is 0.366. The van der Waals surface area contributed by atoms with E-state index < -0.39 is 33.8 Å². The number of para-hydroxylation sites is 3. The first-order valence-corrected chi connectivity index (χ1v) is 14.5. The number of Topliss-reactive ketones (excluding diaryl/α,β-unsaturated/α-hetero) is 1. The van der Waals surface area contributed by atoms with Crippen LogP contribution >= 0.6 is 0 Å². The number of aromatic nitrogens is 1. The first kappa shape index (κ1) is 25.9. The molecule has 2 atom stereocenters. The second-order valence-corrected chi connectivity index (χ2v) is 11.4. The lowest BCUT2D eigenvalue weighted by molar-refractivity contribution is -0.123. The summed E-state index contributed by atoms with van der Waals surface area (Å²) in [7, 11) is -3.93. The zero-order valence-corrected chi connectivity index (χ0v) is 22.0. The van der Waals surface area contributed by atoms with E-state index >= 15 is 0 Å². The number of fused-ring (bicyclic) bond motifs is 2. The van der Waals surface area contributed by atoms with E-state index in [-0.39, 0.29) is 16.7 Å². The van der Waals surface area contributed by atoms with Gasteiger partial charge in [0.1, 0.15) is 16.5 Å². The molecule has 0 spiro atoms. The largest absolute Gasteiger partial charge is 0.434 e. The highest BCUT2D eigenvalue weighted by atomic mass is 32.2. The number of sulfonamides is 1. The smallest absolute Gasteiger partial charge is 0.287 e. The number of guanidine groups is 1. The van der Waals surface area contributed by atoms with Crippen LogP contribution in [0, 0.1) is 5.92 Å².